The van der Waals surface area contributed by atoms with E-state index in [4.69, 9.17) is 16.3 Å². The Morgan fingerprint density at radius 1 is 1.40 bits per heavy atom. The van der Waals surface area contributed by atoms with Crippen LogP contribution in [0, 0.1) is 6.92 Å². The van der Waals surface area contributed by atoms with Crippen LogP contribution in [0.1, 0.15) is 36.4 Å². The number of halogens is 1. The lowest BCUT2D eigenvalue weighted by Crippen LogP contribution is -2.06. The molecule has 0 aliphatic heterocycles. The molecule has 20 heavy (non-hydrogen) atoms. The Hall–Kier alpha value is -1.52. The average molecular weight is 295 g/mol. The minimum Gasteiger partial charge on any atom is -0.487 e. The van der Waals surface area contributed by atoms with Crippen molar-refractivity contribution in [1.29, 1.82) is 0 Å². The molecular formula is C15H19ClN2O2. The maximum atomic E-state index is 10.00. The first kappa shape index (κ1) is 14.9. The van der Waals surface area contributed by atoms with E-state index in [-0.39, 0.29) is 0 Å². The van der Waals surface area contributed by atoms with Gasteiger partial charge in [0.25, 0.3) is 0 Å². The van der Waals surface area contributed by atoms with Gasteiger partial charge in [-0.2, -0.15) is 5.10 Å². The molecule has 0 bridgehead atoms. The van der Waals surface area contributed by atoms with Gasteiger partial charge < -0.3 is 9.84 Å². The van der Waals surface area contributed by atoms with Gasteiger partial charge >= 0.3 is 0 Å². The SMILES string of the molecule is CC[C@@H](O)c1ccccc1OCc1c(Cl)c(C)nn1C. The molecule has 1 N–H and O–H groups in total. The summed E-state index contributed by atoms with van der Waals surface area (Å²) in [4.78, 5) is 0. The molecule has 2 aromatic rings. The number of aliphatic hydroxyl groups excluding tert-OH is 1. The summed E-state index contributed by atoms with van der Waals surface area (Å²) in [6.07, 6.45) is 0.126. The molecule has 5 heteroatoms. The van der Waals surface area contributed by atoms with Crippen molar-refractivity contribution < 1.29 is 9.84 Å². The third-order valence-electron chi connectivity index (χ3n) is 3.29. The number of benzene rings is 1. The molecule has 0 unspecified atom stereocenters. The first-order chi connectivity index (χ1) is 9.54. The average Bonchev–Trinajstić information content (AvgIpc) is 2.70. The van der Waals surface area contributed by atoms with E-state index in [1.165, 1.54) is 0 Å². The number of aliphatic hydroxyl groups is 1. The van der Waals surface area contributed by atoms with Crippen LogP contribution in [0.3, 0.4) is 0 Å². The summed E-state index contributed by atoms with van der Waals surface area (Å²) in [5, 5.41) is 14.9. The standard InChI is InChI=1S/C15H19ClN2O2/c1-4-13(19)11-7-5-6-8-14(11)20-9-12-15(16)10(2)17-18(12)3/h5-8,13,19H,4,9H2,1-3H3/t13-/m1/s1. The van der Waals surface area contributed by atoms with Crippen LogP contribution >= 0.6 is 11.6 Å². The van der Waals surface area contributed by atoms with Gasteiger partial charge in [0.1, 0.15) is 12.4 Å². The van der Waals surface area contributed by atoms with Crippen LogP contribution in [0.5, 0.6) is 5.75 Å². The zero-order valence-corrected chi connectivity index (χ0v) is 12.7. The van der Waals surface area contributed by atoms with Crippen molar-refractivity contribution >= 4 is 11.6 Å². The maximum Gasteiger partial charge on any atom is 0.131 e. The number of aryl methyl sites for hydroxylation is 2. The van der Waals surface area contributed by atoms with Crippen molar-refractivity contribution in [2.45, 2.75) is 33.0 Å². The summed E-state index contributed by atoms with van der Waals surface area (Å²) in [6.45, 7) is 4.12. The molecule has 1 heterocycles. The maximum absolute atomic E-state index is 10.00. The zero-order valence-electron chi connectivity index (χ0n) is 11.9. The smallest absolute Gasteiger partial charge is 0.131 e. The molecule has 0 saturated carbocycles. The quantitative estimate of drug-likeness (QED) is 0.919. The van der Waals surface area contributed by atoms with Crippen LogP contribution in [0.2, 0.25) is 5.02 Å². The minimum absolute atomic E-state index is 0.323. The van der Waals surface area contributed by atoms with Crippen LogP contribution in [0.15, 0.2) is 24.3 Å². The summed E-state index contributed by atoms with van der Waals surface area (Å²) >= 11 is 6.20. The fourth-order valence-corrected chi connectivity index (χ4v) is 2.30. The Kier molecular flexibility index (Phi) is 4.68. The molecular weight excluding hydrogens is 276 g/mol. The van der Waals surface area contributed by atoms with Gasteiger partial charge in [0.05, 0.1) is 22.5 Å². The topological polar surface area (TPSA) is 47.3 Å². The lowest BCUT2D eigenvalue weighted by atomic mass is 10.1. The largest absolute Gasteiger partial charge is 0.487 e. The van der Waals surface area contributed by atoms with Gasteiger partial charge in [-0.1, -0.05) is 36.7 Å². The highest BCUT2D eigenvalue weighted by Crippen LogP contribution is 2.28. The number of ether oxygens (including phenoxy) is 1. The molecule has 108 valence electrons. The first-order valence-corrected chi connectivity index (χ1v) is 7.00. The zero-order chi connectivity index (χ0) is 14.7. The lowest BCUT2D eigenvalue weighted by Gasteiger charge is -2.15. The van der Waals surface area contributed by atoms with Crippen molar-refractivity contribution in [1.82, 2.24) is 9.78 Å². The molecule has 4 nitrogen and oxygen atoms in total. The third kappa shape index (κ3) is 2.97. The Balaban J connectivity index is 2.19. The van der Waals surface area contributed by atoms with Crippen LogP contribution in [0.25, 0.3) is 0 Å². The van der Waals surface area contributed by atoms with Gasteiger partial charge in [0.15, 0.2) is 0 Å². The molecule has 0 aliphatic rings. The highest BCUT2D eigenvalue weighted by Gasteiger charge is 2.14. The van der Waals surface area contributed by atoms with E-state index in [2.05, 4.69) is 5.10 Å². The monoisotopic (exact) mass is 294 g/mol. The van der Waals surface area contributed by atoms with Crippen molar-refractivity contribution in [2.24, 2.45) is 7.05 Å². The van der Waals surface area contributed by atoms with Gasteiger partial charge in [-0.05, 0) is 19.4 Å². The number of rotatable bonds is 5. The van der Waals surface area contributed by atoms with E-state index < -0.39 is 6.10 Å². The van der Waals surface area contributed by atoms with E-state index >= 15 is 0 Å². The molecule has 0 radical (unpaired) electrons. The predicted octanol–water partition coefficient (Wildman–Crippen LogP) is 3.40. The fraction of sp³-hybridized carbons (Fsp3) is 0.400. The summed E-state index contributed by atoms with van der Waals surface area (Å²) in [6, 6.07) is 7.50. The van der Waals surface area contributed by atoms with Gasteiger partial charge in [0.2, 0.25) is 0 Å². The summed E-state index contributed by atoms with van der Waals surface area (Å²) < 4.78 is 7.53. The van der Waals surface area contributed by atoms with E-state index in [0.29, 0.717) is 23.8 Å². The number of para-hydroxylation sites is 1. The molecule has 0 fully saturated rings. The first-order valence-electron chi connectivity index (χ1n) is 6.62. The second-order valence-corrected chi connectivity index (χ2v) is 5.10. The lowest BCUT2D eigenvalue weighted by molar-refractivity contribution is 0.166. The molecule has 0 aliphatic carbocycles. The molecule has 1 atom stereocenters. The Bertz CT molecular complexity index is 596. The van der Waals surface area contributed by atoms with E-state index in [9.17, 15) is 5.11 Å². The highest BCUT2D eigenvalue weighted by atomic mass is 35.5. The minimum atomic E-state index is -0.519. The number of hydrogen-bond donors (Lipinski definition) is 1. The Morgan fingerprint density at radius 2 is 2.10 bits per heavy atom. The summed E-state index contributed by atoms with van der Waals surface area (Å²) in [5.41, 5.74) is 2.41. The molecule has 1 aromatic heterocycles. The number of nitrogens with zero attached hydrogens (tertiary/aromatic N) is 2. The molecule has 0 saturated heterocycles. The van der Waals surface area contributed by atoms with E-state index in [0.717, 1.165) is 17.0 Å². The van der Waals surface area contributed by atoms with Crippen molar-refractivity contribution in [3.63, 3.8) is 0 Å². The van der Waals surface area contributed by atoms with Gasteiger partial charge in [0, 0.05) is 12.6 Å². The van der Waals surface area contributed by atoms with Gasteiger partial charge in [-0.25, -0.2) is 0 Å². The van der Waals surface area contributed by atoms with Crippen LogP contribution in [0.4, 0.5) is 0 Å². The van der Waals surface area contributed by atoms with Crippen molar-refractivity contribution in [2.75, 3.05) is 0 Å². The van der Waals surface area contributed by atoms with Crippen molar-refractivity contribution in [3.8, 4) is 5.75 Å². The van der Waals surface area contributed by atoms with Crippen LogP contribution < -0.4 is 4.74 Å². The van der Waals surface area contributed by atoms with Gasteiger partial charge in [-0.3, -0.25) is 4.68 Å². The fourth-order valence-electron chi connectivity index (χ4n) is 2.09. The van der Waals surface area contributed by atoms with Gasteiger partial charge in [-0.15, -0.1) is 0 Å². The van der Waals surface area contributed by atoms with E-state index in [1.807, 2.05) is 45.2 Å². The number of hydrogen-bond acceptors (Lipinski definition) is 3. The number of aromatic nitrogens is 2. The third-order valence-corrected chi connectivity index (χ3v) is 3.78. The summed E-state index contributed by atoms with van der Waals surface area (Å²) in [5.74, 6) is 0.678. The van der Waals surface area contributed by atoms with Crippen LogP contribution in [-0.2, 0) is 13.7 Å². The Morgan fingerprint density at radius 3 is 2.70 bits per heavy atom. The normalized spacial score (nSPS) is 12.4. The Labute approximate surface area is 123 Å². The second-order valence-electron chi connectivity index (χ2n) is 4.72. The molecule has 0 amide bonds. The molecule has 0 spiro atoms. The second kappa shape index (κ2) is 6.29. The molecule has 2 rings (SSSR count). The molecule has 1 aromatic carbocycles. The predicted molar refractivity (Wildman–Crippen MR) is 79.0 cm³/mol. The van der Waals surface area contributed by atoms with Crippen molar-refractivity contribution in [3.05, 3.63) is 46.2 Å². The highest BCUT2D eigenvalue weighted by molar-refractivity contribution is 6.31. The van der Waals surface area contributed by atoms with E-state index in [1.54, 1.807) is 4.68 Å². The van der Waals surface area contributed by atoms with Crippen LogP contribution in [-0.4, -0.2) is 14.9 Å². The summed E-state index contributed by atoms with van der Waals surface area (Å²) in [7, 11) is 1.84.